The highest BCUT2D eigenvalue weighted by molar-refractivity contribution is 6.33. The molecule has 0 unspecified atom stereocenters. The van der Waals surface area contributed by atoms with E-state index in [1.54, 1.807) is 4.90 Å². The molecule has 3 aromatic heterocycles. The van der Waals surface area contributed by atoms with Gasteiger partial charge in [0.05, 0.1) is 35.0 Å². The summed E-state index contributed by atoms with van der Waals surface area (Å²) in [6.07, 6.45) is 1.28. The Morgan fingerprint density at radius 2 is 1.82 bits per heavy atom. The molecule has 8 nitrogen and oxygen atoms in total. The lowest BCUT2D eigenvalue weighted by Crippen LogP contribution is -2.36. The van der Waals surface area contributed by atoms with Gasteiger partial charge in [0.25, 0.3) is 5.91 Å². The molecule has 0 aliphatic carbocycles. The first-order chi connectivity index (χ1) is 15.6. The number of nitrogens with zero attached hydrogens (tertiary/aromatic N) is 6. The van der Waals surface area contributed by atoms with Crippen molar-refractivity contribution in [2.24, 2.45) is 7.05 Å². The number of likely N-dealkylation sites (tertiary alicyclic amines) is 1. The molecule has 1 N–H and O–H groups in total. The van der Waals surface area contributed by atoms with Gasteiger partial charge in [-0.15, -0.1) is 0 Å². The van der Waals surface area contributed by atoms with Crippen molar-refractivity contribution in [1.29, 1.82) is 0 Å². The third kappa shape index (κ3) is 4.75. The fraction of sp³-hybridized carbons (Fsp3) is 0.350. The van der Waals surface area contributed by atoms with Gasteiger partial charge in [0.1, 0.15) is 11.4 Å². The SMILES string of the molecule is Cn1c(-c2nc(Nc3cnc(C(=O)N4CCCCC4)c(Cl)c3)ncc2F)cnc1C(F)(F)F. The molecule has 0 spiro atoms. The van der Waals surface area contributed by atoms with Gasteiger partial charge in [-0.1, -0.05) is 11.6 Å². The maximum absolute atomic E-state index is 14.3. The van der Waals surface area contributed by atoms with E-state index in [2.05, 4.69) is 25.3 Å². The molecule has 0 aromatic carbocycles. The van der Waals surface area contributed by atoms with Gasteiger partial charge < -0.3 is 14.8 Å². The Morgan fingerprint density at radius 1 is 1.09 bits per heavy atom. The maximum atomic E-state index is 14.3. The molecule has 3 aromatic rings. The van der Waals surface area contributed by atoms with Crippen LogP contribution >= 0.6 is 11.6 Å². The summed E-state index contributed by atoms with van der Waals surface area (Å²) in [6, 6.07) is 1.45. The first kappa shape index (κ1) is 22.9. The topological polar surface area (TPSA) is 88.8 Å². The van der Waals surface area contributed by atoms with Gasteiger partial charge in [-0.3, -0.25) is 4.79 Å². The molecule has 1 saturated heterocycles. The number of nitrogens with one attached hydrogen (secondary N) is 1. The van der Waals surface area contributed by atoms with Crippen LogP contribution in [-0.4, -0.2) is 48.4 Å². The number of carbonyl (C=O) groups is 1. The zero-order valence-corrected chi connectivity index (χ0v) is 18.1. The quantitative estimate of drug-likeness (QED) is 0.551. The number of halogens is 5. The van der Waals surface area contributed by atoms with Crippen molar-refractivity contribution in [3.05, 3.63) is 47.0 Å². The molecule has 33 heavy (non-hydrogen) atoms. The minimum atomic E-state index is -4.70. The van der Waals surface area contributed by atoms with E-state index in [-0.39, 0.29) is 34.0 Å². The molecule has 1 amide bonds. The van der Waals surface area contributed by atoms with Crippen molar-refractivity contribution in [2.75, 3.05) is 18.4 Å². The lowest BCUT2D eigenvalue weighted by molar-refractivity contribution is -0.146. The first-order valence-electron chi connectivity index (χ1n) is 9.99. The Bertz CT molecular complexity index is 1190. The average Bonchev–Trinajstić information content (AvgIpc) is 3.17. The molecule has 1 fully saturated rings. The molecule has 0 bridgehead atoms. The van der Waals surface area contributed by atoms with E-state index in [0.717, 1.165) is 38.7 Å². The predicted molar refractivity (Wildman–Crippen MR) is 111 cm³/mol. The highest BCUT2D eigenvalue weighted by Gasteiger charge is 2.37. The van der Waals surface area contributed by atoms with E-state index in [1.165, 1.54) is 12.3 Å². The minimum absolute atomic E-state index is 0.103. The maximum Gasteiger partial charge on any atom is 0.449 e. The normalized spacial score (nSPS) is 14.4. The van der Waals surface area contributed by atoms with E-state index in [4.69, 9.17) is 11.6 Å². The molecule has 174 valence electrons. The van der Waals surface area contributed by atoms with E-state index in [9.17, 15) is 22.4 Å². The largest absolute Gasteiger partial charge is 0.449 e. The Hall–Kier alpha value is -3.28. The van der Waals surface area contributed by atoms with E-state index < -0.39 is 17.8 Å². The number of anilines is 2. The predicted octanol–water partition coefficient (Wildman–Crippen LogP) is 4.45. The molecule has 4 rings (SSSR count). The highest BCUT2D eigenvalue weighted by atomic mass is 35.5. The number of imidazole rings is 1. The average molecular weight is 484 g/mol. The molecule has 0 atom stereocenters. The van der Waals surface area contributed by atoms with Crippen LogP contribution in [0.15, 0.2) is 24.7 Å². The van der Waals surface area contributed by atoms with Crippen LogP contribution in [0.25, 0.3) is 11.4 Å². The fourth-order valence-corrected chi connectivity index (χ4v) is 3.79. The third-order valence-electron chi connectivity index (χ3n) is 5.17. The number of hydrogen-bond acceptors (Lipinski definition) is 6. The van der Waals surface area contributed by atoms with Gasteiger partial charge in [0.2, 0.25) is 11.8 Å². The Kier molecular flexibility index (Phi) is 6.19. The number of rotatable bonds is 4. The van der Waals surface area contributed by atoms with Gasteiger partial charge >= 0.3 is 6.18 Å². The van der Waals surface area contributed by atoms with Crippen LogP contribution in [-0.2, 0) is 13.2 Å². The van der Waals surface area contributed by atoms with Gasteiger partial charge in [0.15, 0.2) is 5.82 Å². The summed E-state index contributed by atoms with van der Waals surface area (Å²) < 4.78 is 54.1. The summed E-state index contributed by atoms with van der Waals surface area (Å²) >= 11 is 6.26. The first-order valence-corrected chi connectivity index (χ1v) is 10.4. The summed E-state index contributed by atoms with van der Waals surface area (Å²) in [6.45, 7) is 1.29. The second kappa shape index (κ2) is 8.93. The van der Waals surface area contributed by atoms with Crippen molar-refractivity contribution >= 4 is 29.1 Å². The highest BCUT2D eigenvalue weighted by Crippen LogP contribution is 2.32. The summed E-state index contributed by atoms with van der Waals surface area (Å²) in [7, 11) is 1.11. The molecule has 4 heterocycles. The molecule has 13 heteroatoms. The van der Waals surface area contributed by atoms with E-state index in [0.29, 0.717) is 23.3 Å². The smallest absolute Gasteiger partial charge is 0.337 e. The molecule has 0 radical (unpaired) electrons. The minimum Gasteiger partial charge on any atom is -0.337 e. The van der Waals surface area contributed by atoms with Gasteiger partial charge in [0, 0.05) is 20.1 Å². The zero-order valence-electron chi connectivity index (χ0n) is 17.3. The van der Waals surface area contributed by atoms with Crippen molar-refractivity contribution in [3.63, 3.8) is 0 Å². The monoisotopic (exact) mass is 483 g/mol. The lowest BCUT2D eigenvalue weighted by Gasteiger charge is -2.26. The van der Waals surface area contributed by atoms with Gasteiger partial charge in [-0.05, 0) is 25.3 Å². The van der Waals surface area contributed by atoms with Crippen LogP contribution in [0.4, 0.5) is 29.2 Å². The summed E-state index contributed by atoms with van der Waals surface area (Å²) in [5, 5.41) is 2.88. The molecule has 1 aliphatic heterocycles. The second-order valence-corrected chi connectivity index (χ2v) is 7.85. The zero-order chi connectivity index (χ0) is 23.8. The Morgan fingerprint density at radius 3 is 2.45 bits per heavy atom. The van der Waals surface area contributed by atoms with Crippen LogP contribution < -0.4 is 5.32 Å². The fourth-order valence-electron chi connectivity index (χ4n) is 3.54. The van der Waals surface area contributed by atoms with Crippen LogP contribution in [0.1, 0.15) is 35.6 Å². The summed E-state index contributed by atoms with van der Waals surface area (Å²) in [5.41, 5.74) is -0.119. The van der Waals surface area contributed by atoms with Crippen LogP contribution in [0.5, 0.6) is 0 Å². The number of aromatic nitrogens is 5. The van der Waals surface area contributed by atoms with E-state index >= 15 is 0 Å². The number of amides is 1. The summed E-state index contributed by atoms with van der Waals surface area (Å²) in [4.78, 5) is 29.6. The van der Waals surface area contributed by atoms with Crippen molar-refractivity contribution in [1.82, 2.24) is 29.4 Å². The molecular weight excluding hydrogens is 466 g/mol. The number of carbonyl (C=O) groups excluding carboxylic acids is 1. The standard InChI is InChI=1S/C20H18ClF4N7O/c1-31-14(10-27-18(31)20(23,24)25)16-13(22)9-28-19(30-16)29-11-7-12(21)15(26-8-11)17(33)32-5-3-2-4-6-32/h7-10H,2-6H2,1H3,(H,28,29,30). The van der Waals surface area contributed by atoms with E-state index in [1.807, 2.05) is 0 Å². The molecule has 1 aliphatic rings. The van der Waals surface area contributed by atoms with Gasteiger partial charge in [-0.2, -0.15) is 13.2 Å². The summed E-state index contributed by atoms with van der Waals surface area (Å²) in [5.74, 6) is -2.47. The lowest BCUT2D eigenvalue weighted by atomic mass is 10.1. The number of piperidine rings is 1. The molecular formula is C20H18ClF4N7O. The van der Waals surface area contributed by atoms with Crippen molar-refractivity contribution in [3.8, 4) is 11.4 Å². The third-order valence-corrected chi connectivity index (χ3v) is 5.46. The second-order valence-electron chi connectivity index (χ2n) is 7.45. The van der Waals surface area contributed by atoms with Crippen LogP contribution in [0, 0.1) is 5.82 Å². The number of pyridine rings is 1. The Balaban J connectivity index is 1.57. The van der Waals surface area contributed by atoms with Gasteiger partial charge in [-0.25, -0.2) is 24.3 Å². The van der Waals surface area contributed by atoms with Crippen LogP contribution in [0.2, 0.25) is 5.02 Å². The van der Waals surface area contributed by atoms with Crippen LogP contribution in [0.3, 0.4) is 0 Å². The van der Waals surface area contributed by atoms with Crippen molar-refractivity contribution < 1.29 is 22.4 Å². The molecule has 0 saturated carbocycles. The number of hydrogen-bond donors (Lipinski definition) is 1. The van der Waals surface area contributed by atoms with Crippen molar-refractivity contribution in [2.45, 2.75) is 25.4 Å². The Labute approximate surface area is 190 Å². The number of alkyl halides is 3.